The van der Waals surface area contributed by atoms with Crippen molar-refractivity contribution >= 4 is 28.6 Å². The van der Waals surface area contributed by atoms with E-state index in [4.69, 9.17) is 18.0 Å². The minimum atomic E-state index is 0.249. The number of benzene rings is 2. The summed E-state index contributed by atoms with van der Waals surface area (Å²) in [5, 5.41) is 9.78. The lowest BCUT2D eigenvalue weighted by Gasteiger charge is -2.27. The van der Waals surface area contributed by atoms with Gasteiger partial charge in [-0.2, -0.15) is 0 Å². The molecule has 0 radical (unpaired) electrons. The van der Waals surface area contributed by atoms with Gasteiger partial charge < -0.3 is 15.7 Å². The van der Waals surface area contributed by atoms with Crippen molar-refractivity contribution in [1.29, 1.82) is 0 Å². The number of nitrogens with zero attached hydrogens (tertiary/aromatic N) is 1. The van der Waals surface area contributed by atoms with Gasteiger partial charge in [0.2, 0.25) is 0 Å². The maximum absolute atomic E-state index is 9.78. The van der Waals surface area contributed by atoms with Crippen LogP contribution in [-0.2, 0) is 0 Å². The number of aryl methyl sites for hydroxylation is 2. The number of aromatic hydroxyl groups is 1. The SMILES string of the molecule is CCN(c1cc(O)ccc1C)c1cc(C)ccc1C(N)=S. The number of phenols is 1. The zero-order chi connectivity index (χ0) is 15.6. The Morgan fingerprint density at radius 3 is 2.48 bits per heavy atom. The molecule has 4 heteroatoms. The normalized spacial score (nSPS) is 10.4. The van der Waals surface area contributed by atoms with Gasteiger partial charge in [-0.25, -0.2) is 0 Å². The molecule has 0 aliphatic heterocycles. The zero-order valence-electron chi connectivity index (χ0n) is 12.6. The minimum absolute atomic E-state index is 0.249. The van der Waals surface area contributed by atoms with Gasteiger partial charge in [-0.3, -0.25) is 0 Å². The molecule has 0 unspecified atom stereocenters. The fourth-order valence-corrected chi connectivity index (χ4v) is 2.60. The molecule has 0 aromatic heterocycles. The highest BCUT2D eigenvalue weighted by Crippen LogP contribution is 2.33. The lowest BCUT2D eigenvalue weighted by atomic mass is 10.1. The molecule has 0 atom stereocenters. The third-order valence-corrected chi connectivity index (χ3v) is 3.73. The number of anilines is 2. The van der Waals surface area contributed by atoms with Crippen LogP contribution in [0, 0.1) is 13.8 Å². The Labute approximate surface area is 131 Å². The average molecular weight is 300 g/mol. The monoisotopic (exact) mass is 300 g/mol. The van der Waals surface area contributed by atoms with E-state index in [0.29, 0.717) is 4.99 Å². The van der Waals surface area contributed by atoms with Gasteiger partial charge in [0.05, 0.1) is 5.69 Å². The molecule has 21 heavy (non-hydrogen) atoms. The van der Waals surface area contributed by atoms with Crippen LogP contribution < -0.4 is 10.6 Å². The molecule has 3 N–H and O–H groups in total. The van der Waals surface area contributed by atoms with Crippen molar-refractivity contribution in [3.63, 3.8) is 0 Å². The van der Waals surface area contributed by atoms with E-state index < -0.39 is 0 Å². The van der Waals surface area contributed by atoms with Gasteiger partial charge in [-0.15, -0.1) is 0 Å². The fourth-order valence-electron chi connectivity index (χ4n) is 2.43. The van der Waals surface area contributed by atoms with E-state index >= 15 is 0 Å². The van der Waals surface area contributed by atoms with E-state index in [1.165, 1.54) is 0 Å². The molecular weight excluding hydrogens is 280 g/mol. The van der Waals surface area contributed by atoms with Gasteiger partial charge in [0.1, 0.15) is 10.7 Å². The first-order chi connectivity index (χ1) is 9.93. The van der Waals surface area contributed by atoms with Gasteiger partial charge in [0.15, 0.2) is 0 Å². The smallest absolute Gasteiger partial charge is 0.117 e. The van der Waals surface area contributed by atoms with Crippen LogP contribution in [0.1, 0.15) is 23.6 Å². The van der Waals surface area contributed by atoms with Crippen LogP contribution in [0.5, 0.6) is 5.75 Å². The van der Waals surface area contributed by atoms with E-state index in [-0.39, 0.29) is 5.75 Å². The summed E-state index contributed by atoms with van der Waals surface area (Å²) >= 11 is 5.17. The van der Waals surface area contributed by atoms with Crippen molar-refractivity contribution in [2.75, 3.05) is 11.4 Å². The van der Waals surface area contributed by atoms with Crippen LogP contribution in [0.15, 0.2) is 36.4 Å². The van der Waals surface area contributed by atoms with Gasteiger partial charge in [-0.05, 0) is 50.1 Å². The van der Waals surface area contributed by atoms with E-state index in [2.05, 4.69) is 17.9 Å². The molecule has 2 aromatic carbocycles. The summed E-state index contributed by atoms with van der Waals surface area (Å²) in [6, 6.07) is 11.4. The number of rotatable bonds is 4. The van der Waals surface area contributed by atoms with Crippen molar-refractivity contribution in [2.45, 2.75) is 20.8 Å². The first-order valence-electron chi connectivity index (χ1n) is 6.91. The molecule has 0 heterocycles. The standard InChI is InChI=1S/C17H20N2OS/c1-4-19(15-10-13(20)7-6-12(15)3)16-9-11(2)5-8-14(16)17(18)21/h5-10,20H,4H2,1-3H3,(H2,18,21). The number of nitrogens with two attached hydrogens (primary N) is 1. The van der Waals surface area contributed by atoms with Gasteiger partial charge >= 0.3 is 0 Å². The molecule has 0 saturated heterocycles. The second kappa shape index (κ2) is 6.14. The Morgan fingerprint density at radius 1 is 1.14 bits per heavy atom. The second-order valence-electron chi connectivity index (χ2n) is 5.10. The number of phenolic OH excluding ortho intramolecular Hbond substituents is 1. The minimum Gasteiger partial charge on any atom is -0.508 e. The van der Waals surface area contributed by atoms with Crippen molar-refractivity contribution < 1.29 is 5.11 Å². The Kier molecular flexibility index (Phi) is 4.48. The molecule has 0 aliphatic rings. The van der Waals surface area contributed by atoms with Crippen molar-refractivity contribution in [3.8, 4) is 5.75 Å². The van der Waals surface area contributed by atoms with Crippen LogP contribution >= 0.6 is 12.2 Å². The molecule has 0 aliphatic carbocycles. The highest BCUT2D eigenvalue weighted by atomic mass is 32.1. The van der Waals surface area contributed by atoms with Crippen LogP contribution in [0.3, 0.4) is 0 Å². The Hall–Kier alpha value is -2.07. The average Bonchev–Trinajstić information content (AvgIpc) is 2.43. The lowest BCUT2D eigenvalue weighted by molar-refractivity contribution is 0.475. The summed E-state index contributed by atoms with van der Waals surface area (Å²) in [5.74, 6) is 0.249. The molecule has 110 valence electrons. The van der Waals surface area contributed by atoms with E-state index in [0.717, 1.165) is 34.6 Å². The Morgan fingerprint density at radius 2 is 1.86 bits per heavy atom. The molecule has 2 rings (SSSR count). The first-order valence-corrected chi connectivity index (χ1v) is 7.32. The highest BCUT2D eigenvalue weighted by Gasteiger charge is 2.16. The molecule has 0 amide bonds. The van der Waals surface area contributed by atoms with Crippen molar-refractivity contribution in [1.82, 2.24) is 0 Å². The maximum Gasteiger partial charge on any atom is 0.117 e. The van der Waals surface area contributed by atoms with Crippen molar-refractivity contribution in [2.24, 2.45) is 5.73 Å². The van der Waals surface area contributed by atoms with E-state index in [9.17, 15) is 5.11 Å². The molecule has 2 aromatic rings. The van der Waals surface area contributed by atoms with E-state index in [1.807, 2.05) is 32.0 Å². The molecule has 0 saturated carbocycles. The lowest BCUT2D eigenvalue weighted by Crippen LogP contribution is -2.22. The van der Waals surface area contributed by atoms with Crippen LogP contribution in [0.25, 0.3) is 0 Å². The Balaban J connectivity index is 2.63. The molecular formula is C17H20N2OS. The maximum atomic E-state index is 9.78. The highest BCUT2D eigenvalue weighted by molar-refractivity contribution is 7.80. The number of hydrogen-bond acceptors (Lipinski definition) is 3. The third-order valence-electron chi connectivity index (χ3n) is 3.51. The van der Waals surface area contributed by atoms with Crippen molar-refractivity contribution in [3.05, 3.63) is 53.1 Å². The summed E-state index contributed by atoms with van der Waals surface area (Å²) in [6.45, 7) is 6.88. The van der Waals surface area contributed by atoms with Crippen LogP contribution in [0.4, 0.5) is 11.4 Å². The summed E-state index contributed by atoms with van der Waals surface area (Å²) in [7, 11) is 0. The Bertz CT molecular complexity index is 682. The third kappa shape index (κ3) is 3.16. The predicted molar refractivity (Wildman–Crippen MR) is 92.6 cm³/mol. The molecule has 0 fully saturated rings. The largest absolute Gasteiger partial charge is 0.508 e. The first kappa shape index (κ1) is 15.3. The van der Waals surface area contributed by atoms with E-state index in [1.54, 1.807) is 12.1 Å². The van der Waals surface area contributed by atoms with Gasteiger partial charge in [-0.1, -0.05) is 24.4 Å². The molecule has 0 spiro atoms. The topological polar surface area (TPSA) is 49.5 Å². The zero-order valence-corrected chi connectivity index (χ0v) is 13.4. The molecule has 3 nitrogen and oxygen atoms in total. The van der Waals surface area contributed by atoms with Crippen LogP contribution in [-0.4, -0.2) is 16.6 Å². The van der Waals surface area contributed by atoms with Gasteiger partial charge in [0.25, 0.3) is 0 Å². The van der Waals surface area contributed by atoms with Gasteiger partial charge in [0, 0.05) is 23.9 Å². The summed E-state index contributed by atoms with van der Waals surface area (Å²) in [6.07, 6.45) is 0. The molecule has 0 bridgehead atoms. The summed E-state index contributed by atoms with van der Waals surface area (Å²) < 4.78 is 0. The quantitative estimate of drug-likeness (QED) is 0.843. The number of thiocarbonyl (C=S) groups is 1. The fraction of sp³-hybridized carbons (Fsp3) is 0.235. The van der Waals surface area contributed by atoms with Crippen LogP contribution in [0.2, 0.25) is 0 Å². The second-order valence-corrected chi connectivity index (χ2v) is 5.54. The summed E-state index contributed by atoms with van der Waals surface area (Å²) in [5.41, 5.74) is 10.9. The summed E-state index contributed by atoms with van der Waals surface area (Å²) in [4.78, 5) is 2.50. The number of hydrogen-bond donors (Lipinski definition) is 2. The predicted octanol–water partition coefficient (Wildman–Crippen LogP) is 3.80.